The van der Waals surface area contributed by atoms with Gasteiger partial charge in [0.25, 0.3) is 11.8 Å². The third-order valence-corrected chi connectivity index (χ3v) is 5.08. The first kappa shape index (κ1) is 18.7. The maximum absolute atomic E-state index is 12.5. The van der Waals surface area contributed by atoms with Crippen molar-refractivity contribution in [1.82, 2.24) is 9.96 Å². The highest BCUT2D eigenvalue weighted by Gasteiger charge is 2.40. The van der Waals surface area contributed by atoms with E-state index in [0.29, 0.717) is 36.7 Å². The first-order chi connectivity index (χ1) is 14.0. The van der Waals surface area contributed by atoms with Crippen LogP contribution in [0.4, 0.5) is 10.5 Å². The molecule has 0 radical (unpaired) electrons. The molecule has 4 amide bonds. The molecule has 0 unspecified atom stereocenters. The fourth-order valence-electron chi connectivity index (χ4n) is 3.46. The lowest BCUT2D eigenvalue weighted by atomic mass is 9.97. The Morgan fingerprint density at radius 3 is 2.00 bits per heavy atom. The summed E-state index contributed by atoms with van der Waals surface area (Å²) in [5.41, 5.74) is 1.14. The number of carbonyl (C=O) groups is 4. The van der Waals surface area contributed by atoms with Crippen LogP contribution in [0.15, 0.2) is 54.6 Å². The predicted octanol–water partition coefficient (Wildman–Crippen LogP) is 2.68. The van der Waals surface area contributed by atoms with Crippen LogP contribution in [0.2, 0.25) is 0 Å². The number of piperidine rings is 1. The number of benzene rings is 2. The van der Waals surface area contributed by atoms with Crippen molar-refractivity contribution >= 4 is 29.5 Å². The van der Waals surface area contributed by atoms with E-state index in [-0.39, 0.29) is 17.2 Å². The second kappa shape index (κ2) is 7.75. The highest BCUT2D eigenvalue weighted by molar-refractivity contribution is 6.20. The Bertz CT molecular complexity index is 932. The SMILES string of the molecule is O=C(ON1C(=O)c2ccccc2C1=O)C1CCN(C(=O)Nc2ccccc2)CC1. The predicted molar refractivity (Wildman–Crippen MR) is 103 cm³/mol. The standard InChI is InChI=1S/C21H19N3O5/c25-18-16-8-4-5-9-17(16)19(26)24(18)29-20(27)14-10-12-23(13-11-14)21(28)22-15-6-2-1-3-7-15/h1-9,14H,10-13H2,(H,22,28). The normalized spacial score (nSPS) is 16.6. The molecule has 2 aliphatic heterocycles. The van der Waals surface area contributed by atoms with Gasteiger partial charge in [-0.05, 0) is 37.1 Å². The minimum Gasteiger partial charge on any atom is -0.329 e. The van der Waals surface area contributed by atoms with E-state index in [9.17, 15) is 19.2 Å². The summed E-state index contributed by atoms with van der Waals surface area (Å²) in [5, 5.41) is 3.34. The highest BCUT2D eigenvalue weighted by Crippen LogP contribution is 2.25. The molecule has 0 aromatic heterocycles. The van der Waals surface area contributed by atoms with Crippen LogP contribution in [0.1, 0.15) is 33.6 Å². The molecule has 2 aliphatic rings. The molecule has 148 valence electrons. The molecule has 1 N–H and O–H groups in total. The number of nitrogens with one attached hydrogen (secondary N) is 1. The monoisotopic (exact) mass is 393 g/mol. The first-order valence-corrected chi connectivity index (χ1v) is 9.35. The van der Waals surface area contributed by atoms with Crippen LogP contribution >= 0.6 is 0 Å². The van der Waals surface area contributed by atoms with E-state index in [4.69, 9.17) is 4.84 Å². The molecule has 0 spiro atoms. The third kappa shape index (κ3) is 3.69. The van der Waals surface area contributed by atoms with Gasteiger partial charge in [-0.1, -0.05) is 35.4 Å². The van der Waals surface area contributed by atoms with E-state index in [2.05, 4.69) is 5.32 Å². The van der Waals surface area contributed by atoms with Crippen molar-refractivity contribution in [3.63, 3.8) is 0 Å². The number of hydroxylamine groups is 2. The van der Waals surface area contributed by atoms with E-state index in [1.807, 2.05) is 18.2 Å². The minimum absolute atomic E-state index is 0.220. The van der Waals surface area contributed by atoms with Gasteiger partial charge < -0.3 is 15.1 Å². The minimum atomic E-state index is -0.640. The van der Waals surface area contributed by atoms with E-state index in [1.165, 1.54) is 12.1 Å². The van der Waals surface area contributed by atoms with Crippen molar-refractivity contribution < 1.29 is 24.0 Å². The van der Waals surface area contributed by atoms with E-state index >= 15 is 0 Å². The summed E-state index contributed by atoms with van der Waals surface area (Å²) in [4.78, 5) is 56.2. The average Bonchev–Trinajstić information content (AvgIpc) is 2.99. The fourth-order valence-corrected chi connectivity index (χ4v) is 3.46. The summed E-state index contributed by atoms with van der Waals surface area (Å²) in [6.45, 7) is 0.751. The van der Waals surface area contributed by atoms with E-state index in [1.54, 1.807) is 29.2 Å². The number of likely N-dealkylation sites (tertiary alicyclic amines) is 1. The van der Waals surface area contributed by atoms with E-state index in [0.717, 1.165) is 0 Å². The molecule has 2 aromatic rings. The van der Waals surface area contributed by atoms with Gasteiger partial charge in [0.05, 0.1) is 17.0 Å². The Kier molecular flexibility index (Phi) is 4.99. The van der Waals surface area contributed by atoms with Gasteiger partial charge in [0, 0.05) is 18.8 Å². The Morgan fingerprint density at radius 1 is 0.862 bits per heavy atom. The van der Waals surface area contributed by atoms with Crippen molar-refractivity contribution in [2.75, 3.05) is 18.4 Å². The topological polar surface area (TPSA) is 96.0 Å². The number of rotatable bonds is 3. The van der Waals surface area contributed by atoms with Crippen LogP contribution in [0.25, 0.3) is 0 Å². The smallest absolute Gasteiger partial charge is 0.329 e. The maximum atomic E-state index is 12.5. The van der Waals surface area contributed by atoms with Crippen molar-refractivity contribution in [2.24, 2.45) is 5.92 Å². The Hall–Kier alpha value is -3.68. The summed E-state index contributed by atoms with van der Waals surface area (Å²) in [5.74, 6) is -2.40. The molecular weight excluding hydrogens is 374 g/mol. The highest BCUT2D eigenvalue weighted by atomic mass is 16.7. The van der Waals surface area contributed by atoms with Crippen LogP contribution in [0, 0.1) is 5.92 Å². The molecule has 0 atom stereocenters. The van der Waals surface area contributed by atoms with Gasteiger partial charge in [0.2, 0.25) is 0 Å². The van der Waals surface area contributed by atoms with Crippen molar-refractivity contribution in [3.05, 3.63) is 65.7 Å². The summed E-state index contributed by atoms with van der Waals surface area (Å²) in [7, 11) is 0. The van der Waals surface area contributed by atoms with Gasteiger partial charge in [-0.15, -0.1) is 0 Å². The molecular formula is C21H19N3O5. The molecule has 2 heterocycles. The number of imide groups is 1. The van der Waals surface area contributed by atoms with Gasteiger partial charge in [0.1, 0.15) is 0 Å². The molecule has 0 aliphatic carbocycles. The lowest BCUT2D eigenvalue weighted by molar-refractivity contribution is -0.175. The molecule has 1 fully saturated rings. The van der Waals surface area contributed by atoms with Crippen molar-refractivity contribution in [1.29, 1.82) is 0 Å². The quantitative estimate of drug-likeness (QED) is 0.809. The van der Waals surface area contributed by atoms with Crippen molar-refractivity contribution in [3.8, 4) is 0 Å². The van der Waals surface area contributed by atoms with Crippen LogP contribution in [0.5, 0.6) is 0 Å². The maximum Gasteiger partial charge on any atom is 0.336 e. The zero-order valence-corrected chi connectivity index (χ0v) is 15.5. The summed E-state index contributed by atoms with van der Waals surface area (Å²) < 4.78 is 0. The number of nitrogens with zero attached hydrogens (tertiary/aromatic N) is 2. The van der Waals surface area contributed by atoms with Gasteiger partial charge >= 0.3 is 12.0 Å². The molecule has 2 aromatic carbocycles. The Balaban J connectivity index is 1.31. The van der Waals surface area contributed by atoms with Crippen LogP contribution in [0.3, 0.4) is 0 Å². The van der Waals surface area contributed by atoms with Gasteiger partial charge in [-0.3, -0.25) is 9.59 Å². The summed E-state index contributed by atoms with van der Waals surface area (Å²) in [6, 6.07) is 15.2. The van der Waals surface area contributed by atoms with Crippen LogP contribution < -0.4 is 5.32 Å². The second-order valence-corrected chi connectivity index (χ2v) is 6.92. The Labute approximate surface area is 167 Å². The zero-order valence-electron chi connectivity index (χ0n) is 15.5. The number of hydrogen-bond acceptors (Lipinski definition) is 5. The molecule has 0 bridgehead atoms. The van der Waals surface area contributed by atoms with E-state index < -0.39 is 23.7 Å². The number of para-hydroxylation sites is 1. The first-order valence-electron chi connectivity index (χ1n) is 9.35. The molecule has 8 heteroatoms. The molecule has 29 heavy (non-hydrogen) atoms. The summed E-state index contributed by atoms with van der Waals surface area (Å²) in [6.07, 6.45) is 0.786. The number of amides is 4. The molecule has 8 nitrogen and oxygen atoms in total. The van der Waals surface area contributed by atoms with Crippen LogP contribution in [-0.4, -0.2) is 46.9 Å². The number of carbonyl (C=O) groups excluding carboxylic acids is 4. The largest absolute Gasteiger partial charge is 0.336 e. The van der Waals surface area contributed by atoms with Gasteiger partial charge in [-0.2, -0.15) is 0 Å². The number of hydrogen-bond donors (Lipinski definition) is 1. The Morgan fingerprint density at radius 2 is 1.41 bits per heavy atom. The second-order valence-electron chi connectivity index (χ2n) is 6.92. The molecule has 1 saturated heterocycles. The van der Waals surface area contributed by atoms with Crippen LogP contribution in [-0.2, 0) is 9.63 Å². The molecule has 0 saturated carbocycles. The average molecular weight is 393 g/mol. The fraction of sp³-hybridized carbons (Fsp3) is 0.238. The third-order valence-electron chi connectivity index (χ3n) is 5.08. The number of urea groups is 1. The summed E-state index contributed by atoms with van der Waals surface area (Å²) >= 11 is 0. The zero-order chi connectivity index (χ0) is 20.4. The van der Waals surface area contributed by atoms with Gasteiger partial charge in [0.15, 0.2) is 0 Å². The molecule has 4 rings (SSSR count). The lowest BCUT2D eigenvalue weighted by Crippen LogP contribution is -2.44. The lowest BCUT2D eigenvalue weighted by Gasteiger charge is -2.31. The number of fused-ring (bicyclic) bond motifs is 1. The van der Waals surface area contributed by atoms with Crippen molar-refractivity contribution in [2.45, 2.75) is 12.8 Å². The van der Waals surface area contributed by atoms with Gasteiger partial charge in [-0.25, -0.2) is 9.59 Å². The number of anilines is 1.